The molecule has 2 nitrogen and oxygen atoms in total. The third-order valence-corrected chi connectivity index (χ3v) is 3.05. The number of ether oxygens (including phenoxy) is 1. The van der Waals surface area contributed by atoms with Crippen molar-refractivity contribution in [1.82, 2.24) is 0 Å². The number of rotatable bonds is 2. The van der Waals surface area contributed by atoms with Gasteiger partial charge in [-0.15, -0.1) is 0 Å². The largest absolute Gasteiger partial charge is 0.489 e. The summed E-state index contributed by atoms with van der Waals surface area (Å²) in [6.45, 7) is 0. The lowest BCUT2D eigenvalue weighted by Gasteiger charge is -2.27. The lowest BCUT2D eigenvalue weighted by molar-refractivity contribution is 0.119. The van der Waals surface area contributed by atoms with E-state index in [9.17, 15) is 8.78 Å². The second kappa shape index (κ2) is 5.13. The van der Waals surface area contributed by atoms with E-state index in [0.29, 0.717) is 0 Å². The highest BCUT2D eigenvalue weighted by Crippen LogP contribution is 2.28. The first-order valence-electron chi connectivity index (χ1n) is 5.72. The van der Waals surface area contributed by atoms with Crippen LogP contribution in [0.3, 0.4) is 0 Å². The van der Waals surface area contributed by atoms with Crippen molar-refractivity contribution in [1.29, 1.82) is 5.26 Å². The number of hydrogen-bond acceptors (Lipinski definition) is 2. The van der Waals surface area contributed by atoms with Crippen molar-refractivity contribution in [2.75, 3.05) is 0 Å². The fourth-order valence-electron chi connectivity index (χ4n) is 2.11. The molecule has 0 N–H and O–H groups in total. The second-order valence-corrected chi connectivity index (χ2v) is 4.25. The first-order chi connectivity index (χ1) is 8.20. The molecule has 0 radical (unpaired) electrons. The zero-order valence-corrected chi connectivity index (χ0v) is 9.33. The molecule has 1 aliphatic carbocycles. The summed E-state index contributed by atoms with van der Waals surface area (Å²) in [6, 6.07) is 5.66. The molecular weight excluding hydrogens is 224 g/mol. The van der Waals surface area contributed by atoms with Crippen molar-refractivity contribution in [2.24, 2.45) is 5.92 Å². The van der Waals surface area contributed by atoms with Gasteiger partial charge in [0.15, 0.2) is 11.6 Å². The highest BCUT2D eigenvalue weighted by molar-refractivity contribution is 5.24. The molecule has 0 amide bonds. The molecule has 4 heteroatoms. The molecule has 0 aromatic heterocycles. The summed E-state index contributed by atoms with van der Waals surface area (Å²) in [6.07, 6.45) is 3.42. The maximum absolute atomic E-state index is 13.0. The zero-order chi connectivity index (χ0) is 12.3. The van der Waals surface area contributed by atoms with E-state index >= 15 is 0 Å². The van der Waals surface area contributed by atoms with Gasteiger partial charge in [0.1, 0.15) is 11.9 Å². The van der Waals surface area contributed by atoms with Crippen LogP contribution < -0.4 is 4.74 Å². The Morgan fingerprint density at radius 1 is 1.18 bits per heavy atom. The minimum Gasteiger partial charge on any atom is -0.489 e. The standard InChI is InChI=1S/C13H13F2NO/c14-11-6-5-10(7-12(11)15)17-13-4-2-1-3-9(13)8-16/h5-7,9,13H,1-4H2. The number of nitriles is 1. The van der Waals surface area contributed by atoms with E-state index in [1.54, 1.807) is 0 Å². The normalized spacial score (nSPS) is 24.1. The van der Waals surface area contributed by atoms with Crippen LogP contribution in [-0.4, -0.2) is 6.10 Å². The van der Waals surface area contributed by atoms with Gasteiger partial charge in [-0.2, -0.15) is 5.26 Å². The van der Waals surface area contributed by atoms with Crippen LogP contribution in [-0.2, 0) is 0 Å². The van der Waals surface area contributed by atoms with Gasteiger partial charge in [0.2, 0.25) is 0 Å². The molecule has 0 aliphatic heterocycles. The third kappa shape index (κ3) is 2.73. The van der Waals surface area contributed by atoms with Crippen LogP contribution >= 0.6 is 0 Å². The first-order valence-corrected chi connectivity index (χ1v) is 5.72. The van der Waals surface area contributed by atoms with Crippen LogP contribution in [0.1, 0.15) is 25.7 Å². The van der Waals surface area contributed by atoms with Crippen LogP contribution in [0.2, 0.25) is 0 Å². The van der Waals surface area contributed by atoms with Crippen LogP contribution in [0.15, 0.2) is 18.2 Å². The fourth-order valence-corrected chi connectivity index (χ4v) is 2.11. The lowest BCUT2D eigenvalue weighted by Crippen LogP contribution is -2.29. The summed E-state index contributed by atoms with van der Waals surface area (Å²) in [5.74, 6) is -1.68. The van der Waals surface area contributed by atoms with Crippen molar-refractivity contribution in [2.45, 2.75) is 31.8 Å². The fraction of sp³-hybridized carbons (Fsp3) is 0.462. The SMILES string of the molecule is N#CC1CCCCC1Oc1ccc(F)c(F)c1. The van der Waals surface area contributed by atoms with E-state index in [0.717, 1.165) is 37.8 Å². The molecule has 0 heterocycles. The quantitative estimate of drug-likeness (QED) is 0.789. The Hall–Kier alpha value is -1.63. The van der Waals surface area contributed by atoms with E-state index in [1.807, 2.05) is 0 Å². The summed E-state index contributed by atoms with van der Waals surface area (Å²) < 4.78 is 31.3. The van der Waals surface area contributed by atoms with Gasteiger partial charge in [0, 0.05) is 6.07 Å². The molecule has 2 atom stereocenters. The van der Waals surface area contributed by atoms with Crippen LogP contribution in [0.4, 0.5) is 8.78 Å². The van der Waals surface area contributed by atoms with Gasteiger partial charge in [0.05, 0.1) is 12.0 Å². The summed E-state index contributed by atoms with van der Waals surface area (Å²) in [4.78, 5) is 0. The smallest absolute Gasteiger partial charge is 0.162 e. The van der Waals surface area contributed by atoms with Gasteiger partial charge in [-0.25, -0.2) is 8.78 Å². The Bertz CT molecular complexity index is 442. The Balaban J connectivity index is 2.09. The summed E-state index contributed by atoms with van der Waals surface area (Å²) in [5.41, 5.74) is 0. The maximum atomic E-state index is 13.0. The predicted octanol–water partition coefficient (Wildman–Crippen LogP) is 3.43. The van der Waals surface area contributed by atoms with E-state index in [2.05, 4.69) is 6.07 Å². The molecule has 2 rings (SSSR count). The van der Waals surface area contributed by atoms with Crippen molar-refractivity contribution in [3.63, 3.8) is 0 Å². The molecule has 0 bridgehead atoms. The molecule has 1 aromatic carbocycles. The van der Waals surface area contributed by atoms with Crippen molar-refractivity contribution >= 4 is 0 Å². The molecule has 1 aromatic rings. The summed E-state index contributed by atoms with van der Waals surface area (Å²) in [7, 11) is 0. The third-order valence-electron chi connectivity index (χ3n) is 3.05. The molecule has 1 aliphatic rings. The highest BCUT2D eigenvalue weighted by Gasteiger charge is 2.26. The van der Waals surface area contributed by atoms with E-state index in [4.69, 9.17) is 10.00 Å². The van der Waals surface area contributed by atoms with Crippen molar-refractivity contribution in [3.05, 3.63) is 29.8 Å². The van der Waals surface area contributed by atoms with E-state index in [-0.39, 0.29) is 17.8 Å². The first kappa shape index (κ1) is 11.8. The Kier molecular flexibility index (Phi) is 3.58. The van der Waals surface area contributed by atoms with Crippen LogP contribution in [0, 0.1) is 28.9 Å². The topological polar surface area (TPSA) is 33.0 Å². The summed E-state index contributed by atoms with van der Waals surface area (Å²) in [5, 5.41) is 8.97. The van der Waals surface area contributed by atoms with Gasteiger partial charge in [0.25, 0.3) is 0 Å². The summed E-state index contributed by atoms with van der Waals surface area (Å²) >= 11 is 0. The maximum Gasteiger partial charge on any atom is 0.162 e. The van der Waals surface area contributed by atoms with Crippen molar-refractivity contribution in [3.8, 4) is 11.8 Å². The van der Waals surface area contributed by atoms with Gasteiger partial charge < -0.3 is 4.74 Å². The number of nitrogens with zero attached hydrogens (tertiary/aromatic N) is 1. The molecular formula is C13H13F2NO. The van der Waals surface area contributed by atoms with Gasteiger partial charge in [-0.1, -0.05) is 6.42 Å². The molecule has 0 spiro atoms. The van der Waals surface area contributed by atoms with E-state index < -0.39 is 11.6 Å². The van der Waals surface area contributed by atoms with Gasteiger partial charge in [-0.3, -0.25) is 0 Å². The highest BCUT2D eigenvalue weighted by atomic mass is 19.2. The zero-order valence-electron chi connectivity index (χ0n) is 9.33. The van der Waals surface area contributed by atoms with Gasteiger partial charge in [-0.05, 0) is 31.4 Å². The number of benzene rings is 1. The molecule has 90 valence electrons. The molecule has 0 saturated heterocycles. The molecule has 2 unspecified atom stereocenters. The van der Waals surface area contributed by atoms with E-state index in [1.165, 1.54) is 6.07 Å². The van der Waals surface area contributed by atoms with Crippen LogP contribution in [0.5, 0.6) is 5.75 Å². The van der Waals surface area contributed by atoms with Gasteiger partial charge >= 0.3 is 0 Å². The average molecular weight is 237 g/mol. The predicted molar refractivity (Wildman–Crippen MR) is 58.3 cm³/mol. The lowest BCUT2D eigenvalue weighted by atomic mass is 9.87. The molecule has 1 fully saturated rings. The van der Waals surface area contributed by atoms with Crippen molar-refractivity contribution < 1.29 is 13.5 Å². The number of halogens is 2. The Labute approximate surface area is 98.8 Å². The monoisotopic (exact) mass is 237 g/mol. The number of hydrogen-bond donors (Lipinski definition) is 0. The Morgan fingerprint density at radius 2 is 1.94 bits per heavy atom. The average Bonchev–Trinajstić information content (AvgIpc) is 2.34. The minimum atomic E-state index is -0.924. The minimum absolute atomic E-state index is 0.156. The van der Waals surface area contributed by atoms with Crippen LogP contribution in [0.25, 0.3) is 0 Å². The second-order valence-electron chi connectivity index (χ2n) is 4.25. The molecule has 1 saturated carbocycles. The molecule has 17 heavy (non-hydrogen) atoms. The Morgan fingerprint density at radius 3 is 2.65 bits per heavy atom.